The van der Waals surface area contributed by atoms with Gasteiger partial charge in [0.1, 0.15) is 0 Å². The SMILES string of the molecule is Cc1ccccc1-c1cccc2c1C=C(CC(C)C)C2. The van der Waals surface area contributed by atoms with Crippen molar-refractivity contribution < 1.29 is 0 Å². The second-order valence-electron chi connectivity index (χ2n) is 6.27. The minimum absolute atomic E-state index is 0.734. The van der Waals surface area contributed by atoms with Crippen molar-refractivity contribution in [2.75, 3.05) is 0 Å². The van der Waals surface area contributed by atoms with Gasteiger partial charge in [0.2, 0.25) is 0 Å². The van der Waals surface area contributed by atoms with Crippen LogP contribution in [0.4, 0.5) is 0 Å². The maximum absolute atomic E-state index is 2.43. The fourth-order valence-electron chi connectivity index (χ4n) is 3.20. The molecule has 0 radical (unpaired) electrons. The van der Waals surface area contributed by atoms with Gasteiger partial charge in [0.05, 0.1) is 0 Å². The zero-order chi connectivity index (χ0) is 14.1. The summed E-state index contributed by atoms with van der Waals surface area (Å²) < 4.78 is 0. The molecule has 0 amide bonds. The molecular formula is C20H22. The molecule has 0 unspecified atom stereocenters. The van der Waals surface area contributed by atoms with Crippen molar-refractivity contribution in [2.24, 2.45) is 5.92 Å². The summed E-state index contributed by atoms with van der Waals surface area (Å²) in [6, 6.07) is 15.4. The summed E-state index contributed by atoms with van der Waals surface area (Å²) in [6.07, 6.45) is 4.77. The zero-order valence-corrected chi connectivity index (χ0v) is 12.6. The van der Waals surface area contributed by atoms with Crippen LogP contribution in [0.3, 0.4) is 0 Å². The molecule has 0 aliphatic heterocycles. The molecule has 0 heteroatoms. The van der Waals surface area contributed by atoms with Crippen LogP contribution in [0.2, 0.25) is 0 Å². The maximum Gasteiger partial charge on any atom is -0.00575 e. The van der Waals surface area contributed by atoms with Gasteiger partial charge in [-0.05, 0) is 53.5 Å². The second-order valence-corrected chi connectivity index (χ2v) is 6.27. The minimum Gasteiger partial charge on any atom is -0.0649 e. The van der Waals surface area contributed by atoms with E-state index in [1.54, 1.807) is 5.57 Å². The molecule has 2 aromatic carbocycles. The Labute approximate surface area is 122 Å². The van der Waals surface area contributed by atoms with Gasteiger partial charge in [-0.3, -0.25) is 0 Å². The number of hydrogen-bond acceptors (Lipinski definition) is 0. The molecule has 3 rings (SSSR count). The molecule has 0 saturated carbocycles. The Hall–Kier alpha value is -1.82. The van der Waals surface area contributed by atoms with E-state index in [9.17, 15) is 0 Å². The third-order valence-electron chi connectivity index (χ3n) is 4.07. The molecule has 102 valence electrons. The Balaban J connectivity index is 2.06. The first kappa shape index (κ1) is 13.2. The molecule has 0 nitrogen and oxygen atoms in total. The van der Waals surface area contributed by atoms with E-state index in [4.69, 9.17) is 0 Å². The van der Waals surface area contributed by atoms with Gasteiger partial charge < -0.3 is 0 Å². The Morgan fingerprint density at radius 1 is 0.950 bits per heavy atom. The van der Waals surface area contributed by atoms with E-state index in [1.165, 1.54) is 34.2 Å². The molecule has 0 N–H and O–H groups in total. The first-order chi connectivity index (χ1) is 9.65. The number of rotatable bonds is 3. The summed E-state index contributed by atoms with van der Waals surface area (Å²) >= 11 is 0. The van der Waals surface area contributed by atoms with Crippen molar-refractivity contribution in [1.82, 2.24) is 0 Å². The van der Waals surface area contributed by atoms with E-state index in [1.807, 2.05) is 0 Å². The van der Waals surface area contributed by atoms with Crippen LogP contribution < -0.4 is 0 Å². The highest BCUT2D eigenvalue weighted by molar-refractivity contribution is 5.82. The first-order valence-electron chi connectivity index (χ1n) is 7.52. The average molecular weight is 262 g/mol. The summed E-state index contributed by atoms with van der Waals surface area (Å²) in [5.41, 5.74) is 8.62. The van der Waals surface area contributed by atoms with Crippen molar-refractivity contribution in [3.63, 3.8) is 0 Å². The molecule has 0 spiro atoms. The number of hydrogen-bond donors (Lipinski definition) is 0. The lowest BCUT2D eigenvalue weighted by Crippen LogP contribution is -1.92. The summed E-state index contributed by atoms with van der Waals surface area (Å²) in [5.74, 6) is 0.734. The van der Waals surface area contributed by atoms with Gasteiger partial charge in [-0.2, -0.15) is 0 Å². The van der Waals surface area contributed by atoms with Crippen LogP contribution in [0.1, 0.15) is 37.0 Å². The topological polar surface area (TPSA) is 0 Å². The summed E-state index contributed by atoms with van der Waals surface area (Å²) in [6.45, 7) is 6.79. The number of fused-ring (bicyclic) bond motifs is 1. The second kappa shape index (κ2) is 5.28. The van der Waals surface area contributed by atoms with E-state index < -0.39 is 0 Å². The minimum atomic E-state index is 0.734. The smallest absolute Gasteiger partial charge is 0.00575 e. The van der Waals surface area contributed by atoms with Crippen molar-refractivity contribution in [2.45, 2.75) is 33.6 Å². The third-order valence-corrected chi connectivity index (χ3v) is 4.07. The highest BCUT2D eigenvalue weighted by Crippen LogP contribution is 2.36. The fraction of sp³-hybridized carbons (Fsp3) is 0.300. The van der Waals surface area contributed by atoms with Gasteiger partial charge in [0, 0.05) is 0 Å². The van der Waals surface area contributed by atoms with Crippen LogP contribution in [-0.2, 0) is 6.42 Å². The van der Waals surface area contributed by atoms with Gasteiger partial charge >= 0.3 is 0 Å². The number of allylic oxidation sites excluding steroid dienone is 1. The summed E-state index contributed by atoms with van der Waals surface area (Å²) in [5, 5.41) is 0. The fourth-order valence-corrected chi connectivity index (χ4v) is 3.20. The molecule has 1 aliphatic carbocycles. The van der Waals surface area contributed by atoms with E-state index in [-0.39, 0.29) is 0 Å². The Morgan fingerprint density at radius 3 is 2.45 bits per heavy atom. The van der Waals surface area contributed by atoms with Crippen molar-refractivity contribution in [3.8, 4) is 11.1 Å². The third kappa shape index (κ3) is 2.43. The molecule has 20 heavy (non-hydrogen) atoms. The van der Waals surface area contributed by atoms with Crippen molar-refractivity contribution in [3.05, 3.63) is 64.7 Å². The van der Waals surface area contributed by atoms with Gasteiger partial charge in [0.15, 0.2) is 0 Å². The predicted molar refractivity (Wildman–Crippen MR) is 87.8 cm³/mol. The standard InChI is InChI=1S/C20H22/c1-14(2)11-16-12-17-8-6-10-19(20(17)13-16)18-9-5-4-7-15(18)3/h4-10,13-14H,11-12H2,1-3H3. The van der Waals surface area contributed by atoms with Gasteiger partial charge in [-0.25, -0.2) is 0 Å². The highest BCUT2D eigenvalue weighted by Gasteiger charge is 2.17. The molecule has 0 fully saturated rings. The van der Waals surface area contributed by atoms with Gasteiger partial charge in [-0.1, -0.05) is 68.0 Å². The Bertz CT molecular complexity index is 659. The Morgan fingerprint density at radius 2 is 1.70 bits per heavy atom. The molecule has 0 aromatic heterocycles. The Kier molecular flexibility index (Phi) is 3.48. The number of aryl methyl sites for hydroxylation is 1. The first-order valence-corrected chi connectivity index (χ1v) is 7.52. The predicted octanol–water partition coefficient (Wildman–Crippen LogP) is 5.65. The molecule has 2 aromatic rings. The van der Waals surface area contributed by atoms with Crippen LogP contribution >= 0.6 is 0 Å². The normalized spacial score (nSPS) is 13.5. The van der Waals surface area contributed by atoms with Gasteiger partial charge in [-0.15, -0.1) is 0 Å². The lowest BCUT2D eigenvalue weighted by Gasteiger charge is -2.10. The quantitative estimate of drug-likeness (QED) is 0.670. The molecule has 0 saturated heterocycles. The van der Waals surface area contributed by atoms with Crippen LogP contribution in [0.5, 0.6) is 0 Å². The van der Waals surface area contributed by atoms with E-state index in [2.05, 4.69) is 69.3 Å². The highest BCUT2D eigenvalue weighted by atomic mass is 14.2. The summed E-state index contributed by atoms with van der Waals surface area (Å²) in [4.78, 5) is 0. The monoisotopic (exact) mass is 262 g/mol. The average Bonchev–Trinajstić information content (AvgIpc) is 2.80. The summed E-state index contributed by atoms with van der Waals surface area (Å²) in [7, 11) is 0. The van der Waals surface area contributed by atoms with Crippen molar-refractivity contribution >= 4 is 6.08 Å². The van der Waals surface area contributed by atoms with Crippen LogP contribution in [0, 0.1) is 12.8 Å². The van der Waals surface area contributed by atoms with E-state index >= 15 is 0 Å². The molecule has 0 heterocycles. The molecule has 0 atom stereocenters. The van der Waals surface area contributed by atoms with E-state index in [0.717, 1.165) is 12.3 Å². The largest absolute Gasteiger partial charge is 0.0649 e. The lowest BCUT2D eigenvalue weighted by molar-refractivity contribution is 0.638. The zero-order valence-electron chi connectivity index (χ0n) is 12.6. The van der Waals surface area contributed by atoms with E-state index in [0.29, 0.717) is 0 Å². The van der Waals surface area contributed by atoms with Crippen molar-refractivity contribution in [1.29, 1.82) is 0 Å². The number of benzene rings is 2. The lowest BCUT2D eigenvalue weighted by atomic mass is 9.94. The van der Waals surface area contributed by atoms with Crippen LogP contribution in [0.25, 0.3) is 17.2 Å². The molecule has 1 aliphatic rings. The maximum atomic E-state index is 2.43. The van der Waals surface area contributed by atoms with Crippen LogP contribution in [0.15, 0.2) is 48.0 Å². The van der Waals surface area contributed by atoms with Crippen LogP contribution in [-0.4, -0.2) is 0 Å². The molecule has 0 bridgehead atoms. The molecular weight excluding hydrogens is 240 g/mol. The van der Waals surface area contributed by atoms with Gasteiger partial charge in [0.25, 0.3) is 0 Å².